The van der Waals surface area contributed by atoms with Gasteiger partial charge in [-0.25, -0.2) is 27.9 Å². The van der Waals surface area contributed by atoms with E-state index in [0.29, 0.717) is 0 Å². The topological polar surface area (TPSA) is 98.2 Å². The van der Waals surface area contributed by atoms with E-state index in [2.05, 4.69) is 19.4 Å². The molecule has 1 N–H and O–H groups in total. The minimum absolute atomic E-state index is 0.0428. The van der Waals surface area contributed by atoms with Crippen LogP contribution in [-0.4, -0.2) is 31.5 Å². The Morgan fingerprint density at radius 1 is 1.24 bits per heavy atom. The van der Waals surface area contributed by atoms with Gasteiger partial charge >= 0.3 is 5.97 Å². The molecule has 0 aliphatic rings. The number of sulfonamides is 1. The molecule has 0 fully saturated rings. The molecular formula is C12H10ClN3O4S. The van der Waals surface area contributed by atoms with E-state index < -0.39 is 16.0 Å². The molecule has 21 heavy (non-hydrogen) atoms. The number of hydrogen-bond acceptors (Lipinski definition) is 6. The maximum Gasteiger partial charge on any atom is 0.337 e. The number of esters is 1. The molecule has 0 radical (unpaired) electrons. The molecule has 0 saturated heterocycles. The summed E-state index contributed by atoms with van der Waals surface area (Å²) in [6, 6.07) is 6.67. The number of aromatic nitrogens is 2. The molecular weight excluding hydrogens is 318 g/mol. The largest absolute Gasteiger partial charge is 0.465 e. The number of carbonyl (C=O) groups excluding carboxylic acids is 1. The Hall–Kier alpha value is -2.19. The molecule has 0 amide bonds. The van der Waals surface area contributed by atoms with Crippen molar-refractivity contribution in [3.8, 4) is 0 Å². The maximum atomic E-state index is 12.1. The van der Waals surface area contributed by atoms with Crippen LogP contribution in [0.15, 0.2) is 41.4 Å². The van der Waals surface area contributed by atoms with Crippen molar-refractivity contribution >= 4 is 33.5 Å². The number of anilines is 1. The number of methoxy groups -OCH3 is 1. The lowest BCUT2D eigenvalue weighted by atomic mass is 10.2. The molecule has 0 spiro atoms. The van der Waals surface area contributed by atoms with E-state index in [1.807, 2.05) is 0 Å². The number of benzene rings is 1. The zero-order chi connectivity index (χ0) is 15.5. The second-order valence-electron chi connectivity index (χ2n) is 3.82. The first kappa shape index (κ1) is 15.2. The molecule has 9 heteroatoms. The van der Waals surface area contributed by atoms with E-state index in [4.69, 9.17) is 11.6 Å². The van der Waals surface area contributed by atoms with E-state index in [9.17, 15) is 13.2 Å². The molecule has 0 bridgehead atoms. The van der Waals surface area contributed by atoms with E-state index in [0.717, 1.165) is 0 Å². The Labute approximate surface area is 126 Å². The van der Waals surface area contributed by atoms with Crippen LogP contribution in [0, 0.1) is 0 Å². The van der Waals surface area contributed by atoms with Crippen molar-refractivity contribution in [2.45, 2.75) is 4.90 Å². The minimum atomic E-state index is -3.87. The molecule has 0 unspecified atom stereocenters. The monoisotopic (exact) mass is 327 g/mol. The number of hydrogen-bond donors (Lipinski definition) is 1. The van der Waals surface area contributed by atoms with Gasteiger partial charge in [0.05, 0.1) is 17.6 Å². The van der Waals surface area contributed by atoms with E-state index in [-0.39, 0.29) is 21.6 Å². The van der Waals surface area contributed by atoms with Crippen LogP contribution in [0.25, 0.3) is 0 Å². The fraction of sp³-hybridized carbons (Fsp3) is 0.0833. The van der Waals surface area contributed by atoms with E-state index in [1.54, 1.807) is 0 Å². The highest BCUT2D eigenvalue weighted by molar-refractivity contribution is 7.92. The first-order valence-electron chi connectivity index (χ1n) is 5.62. The zero-order valence-corrected chi connectivity index (χ0v) is 12.4. The van der Waals surface area contributed by atoms with Crippen LogP contribution in [0.4, 0.5) is 5.95 Å². The van der Waals surface area contributed by atoms with Gasteiger partial charge in [-0.05, 0) is 30.3 Å². The number of ether oxygens (including phenoxy) is 1. The second kappa shape index (κ2) is 6.06. The standard InChI is InChI=1S/C12H10ClN3O4S/c1-20-11(17)8-2-4-9(5-3-8)21(18,19)16-12-14-7-6-10(13)15-12/h2-7H,1H3,(H,14,15,16). The summed E-state index contributed by atoms with van der Waals surface area (Å²) in [4.78, 5) is 18.7. The summed E-state index contributed by atoms with van der Waals surface area (Å²) >= 11 is 5.65. The molecule has 110 valence electrons. The average molecular weight is 328 g/mol. The van der Waals surface area contributed by atoms with Gasteiger partial charge in [0.1, 0.15) is 5.15 Å². The molecule has 0 aliphatic heterocycles. The Morgan fingerprint density at radius 2 is 1.90 bits per heavy atom. The summed E-state index contributed by atoms with van der Waals surface area (Å²) < 4.78 is 30.9. The smallest absolute Gasteiger partial charge is 0.337 e. The quantitative estimate of drug-likeness (QED) is 0.678. The van der Waals surface area contributed by atoms with Crippen LogP contribution in [-0.2, 0) is 14.8 Å². The predicted molar refractivity (Wildman–Crippen MR) is 75.6 cm³/mol. The predicted octanol–water partition coefficient (Wildman–Crippen LogP) is 1.72. The molecule has 2 aromatic rings. The van der Waals surface area contributed by atoms with Crippen LogP contribution < -0.4 is 4.72 Å². The lowest BCUT2D eigenvalue weighted by Gasteiger charge is -2.07. The molecule has 0 atom stereocenters. The summed E-state index contributed by atoms with van der Waals surface area (Å²) in [6.45, 7) is 0. The van der Waals surface area contributed by atoms with Crippen LogP contribution in [0.5, 0.6) is 0 Å². The lowest BCUT2D eigenvalue weighted by molar-refractivity contribution is 0.0600. The number of nitrogens with one attached hydrogen (secondary N) is 1. The molecule has 0 aliphatic carbocycles. The molecule has 1 aromatic carbocycles. The molecule has 7 nitrogen and oxygen atoms in total. The number of carbonyl (C=O) groups is 1. The zero-order valence-electron chi connectivity index (χ0n) is 10.8. The SMILES string of the molecule is COC(=O)c1ccc(S(=O)(=O)Nc2nccc(Cl)n2)cc1. The van der Waals surface area contributed by atoms with Crippen LogP contribution >= 0.6 is 11.6 Å². The van der Waals surface area contributed by atoms with Gasteiger partial charge in [0.25, 0.3) is 10.0 Å². The van der Waals surface area contributed by atoms with Crippen molar-refractivity contribution in [3.05, 3.63) is 47.2 Å². The highest BCUT2D eigenvalue weighted by Crippen LogP contribution is 2.15. The number of nitrogens with zero attached hydrogens (tertiary/aromatic N) is 2. The van der Waals surface area contributed by atoms with Crippen molar-refractivity contribution in [3.63, 3.8) is 0 Å². The van der Waals surface area contributed by atoms with Crippen LogP contribution in [0.1, 0.15) is 10.4 Å². The van der Waals surface area contributed by atoms with Crippen molar-refractivity contribution in [2.75, 3.05) is 11.8 Å². The maximum absolute atomic E-state index is 12.1. The Balaban J connectivity index is 2.25. The Kier molecular flexibility index (Phi) is 4.39. The molecule has 2 rings (SSSR count). The number of halogens is 1. The number of rotatable bonds is 4. The summed E-state index contributed by atoms with van der Waals surface area (Å²) in [5.41, 5.74) is 0.246. The fourth-order valence-electron chi connectivity index (χ4n) is 1.45. The van der Waals surface area contributed by atoms with Gasteiger partial charge in [0.15, 0.2) is 0 Å². The first-order chi connectivity index (χ1) is 9.92. The van der Waals surface area contributed by atoms with Crippen molar-refractivity contribution in [1.29, 1.82) is 0 Å². The third-order valence-electron chi connectivity index (χ3n) is 2.43. The van der Waals surface area contributed by atoms with E-state index in [1.165, 1.54) is 43.6 Å². The Bertz CT molecular complexity index is 762. The summed E-state index contributed by atoms with van der Waals surface area (Å²) in [6.07, 6.45) is 1.33. The third-order valence-corrected chi connectivity index (χ3v) is 3.99. The van der Waals surface area contributed by atoms with Crippen molar-refractivity contribution < 1.29 is 17.9 Å². The molecule has 0 saturated carbocycles. The van der Waals surface area contributed by atoms with Gasteiger partial charge in [0.2, 0.25) is 5.95 Å². The van der Waals surface area contributed by atoms with Crippen LogP contribution in [0.3, 0.4) is 0 Å². The molecule has 1 heterocycles. The third kappa shape index (κ3) is 3.67. The van der Waals surface area contributed by atoms with Gasteiger partial charge in [-0.3, -0.25) is 0 Å². The minimum Gasteiger partial charge on any atom is -0.465 e. The van der Waals surface area contributed by atoms with Crippen molar-refractivity contribution in [2.24, 2.45) is 0 Å². The fourth-order valence-corrected chi connectivity index (χ4v) is 2.54. The second-order valence-corrected chi connectivity index (χ2v) is 5.89. The Morgan fingerprint density at radius 3 is 2.48 bits per heavy atom. The average Bonchev–Trinajstić information content (AvgIpc) is 2.46. The van der Waals surface area contributed by atoms with Gasteiger partial charge in [-0.1, -0.05) is 11.6 Å². The van der Waals surface area contributed by atoms with Gasteiger partial charge in [-0.2, -0.15) is 0 Å². The van der Waals surface area contributed by atoms with Crippen LogP contribution in [0.2, 0.25) is 5.15 Å². The van der Waals surface area contributed by atoms with Gasteiger partial charge < -0.3 is 4.74 Å². The lowest BCUT2D eigenvalue weighted by Crippen LogP contribution is -2.15. The van der Waals surface area contributed by atoms with Crippen molar-refractivity contribution in [1.82, 2.24) is 9.97 Å². The normalized spacial score (nSPS) is 11.0. The van der Waals surface area contributed by atoms with Gasteiger partial charge in [0, 0.05) is 6.20 Å². The molecule has 1 aromatic heterocycles. The highest BCUT2D eigenvalue weighted by atomic mass is 35.5. The van der Waals surface area contributed by atoms with E-state index >= 15 is 0 Å². The van der Waals surface area contributed by atoms with Gasteiger partial charge in [-0.15, -0.1) is 0 Å². The highest BCUT2D eigenvalue weighted by Gasteiger charge is 2.16. The summed E-state index contributed by atoms with van der Waals surface area (Å²) in [7, 11) is -2.62. The summed E-state index contributed by atoms with van der Waals surface area (Å²) in [5, 5.41) is 0.115. The summed E-state index contributed by atoms with van der Waals surface area (Å²) in [5.74, 6) is -0.690. The first-order valence-corrected chi connectivity index (χ1v) is 7.48.